The number of hydrogen-bond acceptors (Lipinski definition) is 1. The molecule has 0 N–H and O–H groups in total. The summed E-state index contributed by atoms with van der Waals surface area (Å²) in [7, 11) is 0. The summed E-state index contributed by atoms with van der Waals surface area (Å²) in [5.41, 5.74) is 2.93. The van der Waals surface area contributed by atoms with E-state index in [1.165, 1.54) is 49.9 Å². The molecule has 2 rings (SSSR count). The van der Waals surface area contributed by atoms with Gasteiger partial charge in [-0.15, -0.1) is 0 Å². The molecule has 1 aliphatic rings. The molecular weight excluding hydrogens is 254 g/mol. The average Bonchev–Trinajstić information content (AvgIpc) is 2.54. The van der Waals surface area contributed by atoms with E-state index in [1.54, 1.807) is 0 Å². The molecule has 0 bridgehead atoms. The Morgan fingerprint density at radius 1 is 1.14 bits per heavy atom. The molecule has 0 aliphatic carbocycles. The van der Waals surface area contributed by atoms with Crippen molar-refractivity contribution < 1.29 is 0 Å². The van der Waals surface area contributed by atoms with Gasteiger partial charge in [0.1, 0.15) is 0 Å². The minimum Gasteiger partial charge on any atom is -0.299 e. The average molecular weight is 283 g/mol. The number of aryl methyl sites for hydroxylation is 1. The molecule has 1 aromatic rings. The van der Waals surface area contributed by atoms with Crippen molar-refractivity contribution in [2.45, 2.75) is 39.5 Å². The van der Waals surface area contributed by atoms with Crippen LogP contribution in [0.5, 0.6) is 0 Å². The van der Waals surface area contributed by atoms with E-state index in [1.807, 2.05) is 0 Å². The van der Waals surface area contributed by atoms with Crippen molar-refractivity contribution in [2.75, 3.05) is 19.6 Å². The number of likely N-dealkylation sites (tertiary alicyclic amines) is 1. The summed E-state index contributed by atoms with van der Waals surface area (Å²) in [6.07, 6.45) is 11.9. The third kappa shape index (κ3) is 5.51. The molecule has 1 saturated heterocycles. The third-order valence-corrected chi connectivity index (χ3v) is 4.55. The van der Waals surface area contributed by atoms with E-state index < -0.39 is 0 Å². The maximum Gasteiger partial charge on any atom is 0.0230 e. The second-order valence-corrected chi connectivity index (χ2v) is 6.11. The Balaban J connectivity index is 1.71. The number of rotatable bonds is 6. The Labute approximate surface area is 130 Å². The SMILES string of the molecule is C/C=C\C(=C/C)CN1CCC(CCc2ccccc2)CC1. The summed E-state index contributed by atoms with van der Waals surface area (Å²) < 4.78 is 0. The Morgan fingerprint density at radius 3 is 2.48 bits per heavy atom. The highest BCUT2D eigenvalue weighted by molar-refractivity contribution is 5.19. The van der Waals surface area contributed by atoms with E-state index in [9.17, 15) is 0 Å². The Hall–Kier alpha value is -1.34. The van der Waals surface area contributed by atoms with Crippen molar-refractivity contribution in [3.05, 3.63) is 59.7 Å². The van der Waals surface area contributed by atoms with Crippen molar-refractivity contribution in [3.63, 3.8) is 0 Å². The van der Waals surface area contributed by atoms with Crippen LogP contribution in [-0.2, 0) is 6.42 Å². The van der Waals surface area contributed by atoms with Crippen LogP contribution in [0.2, 0.25) is 0 Å². The molecular formula is C20H29N. The minimum atomic E-state index is 0.914. The molecule has 1 aliphatic heterocycles. The highest BCUT2D eigenvalue weighted by atomic mass is 15.1. The second-order valence-electron chi connectivity index (χ2n) is 6.11. The molecule has 0 aromatic heterocycles. The van der Waals surface area contributed by atoms with E-state index >= 15 is 0 Å². The maximum absolute atomic E-state index is 2.61. The van der Waals surface area contributed by atoms with Gasteiger partial charge in [-0.2, -0.15) is 0 Å². The monoisotopic (exact) mass is 283 g/mol. The van der Waals surface area contributed by atoms with Gasteiger partial charge in [0.15, 0.2) is 0 Å². The predicted molar refractivity (Wildman–Crippen MR) is 92.5 cm³/mol. The molecule has 114 valence electrons. The summed E-state index contributed by atoms with van der Waals surface area (Å²) in [5, 5.41) is 0. The first kappa shape index (κ1) is 16.0. The highest BCUT2D eigenvalue weighted by Crippen LogP contribution is 2.23. The zero-order valence-corrected chi connectivity index (χ0v) is 13.6. The van der Waals surface area contributed by atoms with Crippen molar-refractivity contribution in [1.82, 2.24) is 4.90 Å². The van der Waals surface area contributed by atoms with Crippen LogP contribution >= 0.6 is 0 Å². The molecule has 0 saturated carbocycles. The van der Waals surface area contributed by atoms with Crippen LogP contribution in [0.25, 0.3) is 0 Å². The van der Waals surface area contributed by atoms with Crippen LogP contribution in [0.3, 0.4) is 0 Å². The summed E-state index contributed by atoms with van der Waals surface area (Å²) in [4.78, 5) is 2.61. The maximum atomic E-state index is 2.61. The zero-order chi connectivity index (χ0) is 14.9. The molecule has 0 radical (unpaired) electrons. The summed E-state index contributed by atoms with van der Waals surface area (Å²) >= 11 is 0. The Morgan fingerprint density at radius 2 is 1.86 bits per heavy atom. The first-order valence-corrected chi connectivity index (χ1v) is 8.36. The van der Waals surface area contributed by atoms with Crippen LogP contribution in [0, 0.1) is 5.92 Å². The smallest absolute Gasteiger partial charge is 0.0230 e. The quantitative estimate of drug-likeness (QED) is 0.674. The van der Waals surface area contributed by atoms with Gasteiger partial charge in [-0.3, -0.25) is 4.90 Å². The number of nitrogens with zero attached hydrogens (tertiary/aromatic N) is 1. The minimum absolute atomic E-state index is 0.914. The van der Waals surface area contributed by atoms with Crippen LogP contribution < -0.4 is 0 Å². The molecule has 1 aromatic carbocycles. The predicted octanol–water partition coefficient (Wildman–Crippen LogP) is 4.85. The first-order chi connectivity index (χ1) is 10.3. The van der Waals surface area contributed by atoms with Gasteiger partial charge in [0.2, 0.25) is 0 Å². The highest BCUT2D eigenvalue weighted by Gasteiger charge is 2.19. The van der Waals surface area contributed by atoms with Gasteiger partial charge in [-0.1, -0.05) is 48.6 Å². The van der Waals surface area contributed by atoms with Crippen molar-refractivity contribution >= 4 is 0 Å². The van der Waals surface area contributed by atoms with Gasteiger partial charge in [-0.25, -0.2) is 0 Å². The first-order valence-electron chi connectivity index (χ1n) is 8.36. The van der Waals surface area contributed by atoms with Gasteiger partial charge in [0, 0.05) is 6.54 Å². The van der Waals surface area contributed by atoms with Gasteiger partial charge >= 0.3 is 0 Å². The molecule has 21 heavy (non-hydrogen) atoms. The molecule has 1 heterocycles. The lowest BCUT2D eigenvalue weighted by Crippen LogP contribution is -2.35. The van der Waals surface area contributed by atoms with Gasteiger partial charge in [-0.05, 0) is 69.7 Å². The molecule has 0 unspecified atom stereocenters. The molecule has 1 fully saturated rings. The van der Waals surface area contributed by atoms with Crippen LogP contribution in [-0.4, -0.2) is 24.5 Å². The second kappa shape index (κ2) is 8.84. The normalized spacial score (nSPS) is 18.5. The van der Waals surface area contributed by atoms with Gasteiger partial charge in [0.05, 0.1) is 0 Å². The lowest BCUT2D eigenvalue weighted by atomic mass is 9.90. The van der Waals surface area contributed by atoms with Crippen molar-refractivity contribution in [3.8, 4) is 0 Å². The van der Waals surface area contributed by atoms with Crippen LogP contribution in [0.1, 0.15) is 38.7 Å². The molecule has 1 heteroatoms. The van der Waals surface area contributed by atoms with Crippen molar-refractivity contribution in [1.29, 1.82) is 0 Å². The summed E-state index contributed by atoms with van der Waals surface area (Å²) in [6, 6.07) is 10.9. The van der Waals surface area contributed by atoms with E-state index in [0.29, 0.717) is 0 Å². The number of hydrogen-bond donors (Lipinski definition) is 0. The number of benzene rings is 1. The lowest BCUT2D eigenvalue weighted by molar-refractivity contribution is 0.192. The van der Waals surface area contributed by atoms with Crippen LogP contribution in [0.4, 0.5) is 0 Å². The van der Waals surface area contributed by atoms with Gasteiger partial charge in [0.25, 0.3) is 0 Å². The molecule has 1 nitrogen and oxygen atoms in total. The zero-order valence-electron chi connectivity index (χ0n) is 13.6. The third-order valence-electron chi connectivity index (χ3n) is 4.55. The van der Waals surface area contributed by atoms with Crippen molar-refractivity contribution in [2.24, 2.45) is 5.92 Å². The van der Waals surface area contributed by atoms with E-state index in [2.05, 4.69) is 67.3 Å². The lowest BCUT2D eigenvalue weighted by Gasteiger charge is -2.32. The molecule has 0 atom stereocenters. The number of allylic oxidation sites excluding steroid dienone is 2. The summed E-state index contributed by atoms with van der Waals surface area (Å²) in [5.74, 6) is 0.914. The Kier molecular flexibility index (Phi) is 6.75. The fourth-order valence-corrected chi connectivity index (χ4v) is 3.16. The topological polar surface area (TPSA) is 3.24 Å². The standard InChI is InChI=1S/C20H29N/c1-3-8-18(4-2)17-21-15-13-20(14-16-21)12-11-19-9-6-5-7-10-19/h3-10,20H,11-17H2,1-2H3/b8-3-,18-4+. The van der Waals surface area contributed by atoms with Gasteiger partial charge < -0.3 is 0 Å². The molecule has 0 amide bonds. The van der Waals surface area contributed by atoms with Crippen LogP contribution in [0.15, 0.2) is 54.1 Å². The number of piperidine rings is 1. The fraction of sp³-hybridized carbons (Fsp3) is 0.500. The fourth-order valence-electron chi connectivity index (χ4n) is 3.16. The largest absolute Gasteiger partial charge is 0.299 e. The Bertz CT molecular complexity index is 450. The molecule has 0 spiro atoms. The van der Waals surface area contributed by atoms with E-state index in [0.717, 1.165) is 12.5 Å². The summed E-state index contributed by atoms with van der Waals surface area (Å²) in [6.45, 7) is 7.87. The van der Waals surface area contributed by atoms with E-state index in [4.69, 9.17) is 0 Å². The van der Waals surface area contributed by atoms with E-state index in [-0.39, 0.29) is 0 Å².